The second-order valence-corrected chi connectivity index (χ2v) is 7.73. The van der Waals surface area contributed by atoms with Gasteiger partial charge in [0.1, 0.15) is 0 Å². The second kappa shape index (κ2) is 6.30. The number of sulfonamides is 1. The molecule has 0 fully saturated rings. The van der Waals surface area contributed by atoms with Crippen LogP contribution in [0, 0.1) is 6.92 Å². The average Bonchev–Trinajstić information content (AvgIpc) is 2.56. The Morgan fingerprint density at radius 1 is 1.00 bits per heavy atom. The van der Waals surface area contributed by atoms with Crippen molar-refractivity contribution in [2.75, 3.05) is 0 Å². The lowest BCUT2D eigenvalue weighted by molar-refractivity contribution is 0.421. The number of hydrogen-bond acceptors (Lipinski definition) is 2. The van der Waals surface area contributed by atoms with Crippen LogP contribution in [0.15, 0.2) is 71.6 Å². The minimum absolute atomic E-state index is 0.303. The molecule has 0 aromatic heterocycles. The molecule has 0 saturated carbocycles. The van der Waals surface area contributed by atoms with Crippen LogP contribution in [-0.2, 0) is 15.6 Å². The first-order chi connectivity index (χ1) is 11.0. The van der Waals surface area contributed by atoms with Gasteiger partial charge in [0.2, 0.25) is 10.0 Å². The van der Waals surface area contributed by atoms with Crippen molar-refractivity contribution in [1.29, 1.82) is 0 Å². The number of nitrogens with one attached hydrogen (secondary N) is 1. The van der Waals surface area contributed by atoms with Crippen LogP contribution in [-0.4, -0.2) is 8.42 Å². The molecule has 0 amide bonds. The van der Waals surface area contributed by atoms with Gasteiger partial charge >= 0.3 is 0 Å². The summed E-state index contributed by atoms with van der Waals surface area (Å²) >= 11 is 0. The molecule has 23 heavy (non-hydrogen) atoms. The first-order valence-electron chi connectivity index (χ1n) is 7.86. The van der Waals surface area contributed by atoms with E-state index in [1.54, 1.807) is 12.1 Å². The third kappa shape index (κ3) is 3.38. The SMILES string of the molecule is Cc1ccc(S(=O)(=O)N[C@]2(c3ccccc3)C=CCCC2)cc1. The normalized spacial score (nSPS) is 21.3. The quantitative estimate of drug-likeness (QED) is 0.866. The van der Waals surface area contributed by atoms with Gasteiger partial charge in [0.05, 0.1) is 10.4 Å². The summed E-state index contributed by atoms with van der Waals surface area (Å²) in [6.07, 6.45) is 6.77. The second-order valence-electron chi connectivity index (χ2n) is 6.05. The topological polar surface area (TPSA) is 46.2 Å². The van der Waals surface area contributed by atoms with E-state index in [9.17, 15) is 8.42 Å². The Morgan fingerprint density at radius 3 is 2.30 bits per heavy atom. The van der Waals surface area contributed by atoms with Crippen molar-refractivity contribution in [3.63, 3.8) is 0 Å². The molecule has 3 rings (SSSR count). The summed E-state index contributed by atoms with van der Waals surface area (Å²) in [6, 6.07) is 16.7. The van der Waals surface area contributed by atoms with Crippen molar-refractivity contribution < 1.29 is 8.42 Å². The fourth-order valence-corrected chi connectivity index (χ4v) is 4.38. The maximum atomic E-state index is 12.8. The van der Waals surface area contributed by atoms with Crippen LogP contribution in [0.3, 0.4) is 0 Å². The third-order valence-electron chi connectivity index (χ3n) is 4.28. The molecule has 0 saturated heterocycles. The molecule has 3 nitrogen and oxygen atoms in total. The summed E-state index contributed by atoms with van der Waals surface area (Å²) in [5.41, 5.74) is 1.36. The van der Waals surface area contributed by atoms with Crippen molar-refractivity contribution in [1.82, 2.24) is 4.72 Å². The highest BCUT2D eigenvalue weighted by Crippen LogP contribution is 2.34. The highest BCUT2D eigenvalue weighted by atomic mass is 32.2. The number of aryl methyl sites for hydroxylation is 1. The first-order valence-corrected chi connectivity index (χ1v) is 9.34. The number of hydrogen-bond donors (Lipinski definition) is 1. The molecule has 0 unspecified atom stereocenters. The Kier molecular flexibility index (Phi) is 4.37. The third-order valence-corrected chi connectivity index (χ3v) is 5.81. The Morgan fingerprint density at radius 2 is 1.70 bits per heavy atom. The monoisotopic (exact) mass is 327 g/mol. The minimum Gasteiger partial charge on any atom is -0.207 e. The number of rotatable bonds is 4. The summed E-state index contributed by atoms with van der Waals surface area (Å²) in [5.74, 6) is 0. The van der Waals surface area contributed by atoms with Crippen LogP contribution >= 0.6 is 0 Å². The van der Waals surface area contributed by atoms with Crippen molar-refractivity contribution in [3.05, 3.63) is 77.9 Å². The van der Waals surface area contributed by atoms with E-state index in [1.165, 1.54) is 0 Å². The van der Waals surface area contributed by atoms with E-state index in [0.29, 0.717) is 4.90 Å². The van der Waals surface area contributed by atoms with E-state index in [4.69, 9.17) is 0 Å². The predicted octanol–water partition coefficient (Wildman–Crippen LogP) is 3.91. The van der Waals surface area contributed by atoms with Crippen LogP contribution in [0.2, 0.25) is 0 Å². The Hall–Kier alpha value is -1.91. The molecule has 0 aliphatic heterocycles. The van der Waals surface area contributed by atoms with Gasteiger partial charge in [-0.3, -0.25) is 0 Å². The maximum Gasteiger partial charge on any atom is 0.241 e. The Balaban J connectivity index is 2.01. The van der Waals surface area contributed by atoms with Crippen LogP contribution in [0.1, 0.15) is 30.4 Å². The largest absolute Gasteiger partial charge is 0.241 e. The van der Waals surface area contributed by atoms with Crippen LogP contribution in [0.4, 0.5) is 0 Å². The summed E-state index contributed by atoms with van der Waals surface area (Å²) in [6.45, 7) is 1.94. The summed E-state index contributed by atoms with van der Waals surface area (Å²) in [7, 11) is -3.58. The van der Waals surface area contributed by atoms with Gasteiger partial charge in [-0.05, 0) is 43.9 Å². The van der Waals surface area contributed by atoms with Crippen LogP contribution in [0.5, 0.6) is 0 Å². The Bertz CT molecular complexity index is 795. The standard InChI is InChI=1S/C19H21NO2S/c1-16-10-12-18(13-11-16)23(21,22)20-19(14-6-3-7-15-19)17-8-4-2-5-9-17/h2,4-6,8-14,20H,3,7,15H2,1H3/t19-/m1/s1. The zero-order chi connectivity index (χ0) is 16.3. The molecule has 0 radical (unpaired) electrons. The molecule has 0 spiro atoms. The zero-order valence-corrected chi connectivity index (χ0v) is 14.0. The first kappa shape index (κ1) is 16.0. The maximum absolute atomic E-state index is 12.8. The highest BCUT2D eigenvalue weighted by Gasteiger charge is 2.35. The molecule has 0 bridgehead atoms. The molecule has 4 heteroatoms. The summed E-state index contributed by atoms with van der Waals surface area (Å²) < 4.78 is 28.6. The lowest BCUT2D eigenvalue weighted by Gasteiger charge is -2.34. The fraction of sp³-hybridized carbons (Fsp3) is 0.263. The zero-order valence-electron chi connectivity index (χ0n) is 13.2. The van der Waals surface area contributed by atoms with Crippen molar-refractivity contribution in [2.45, 2.75) is 36.6 Å². The molecular weight excluding hydrogens is 306 g/mol. The molecule has 0 heterocycles. The fourth-order valence-electron chi connectivity index (χ4n) is 3.00. The lowest BCUT2D eigenvalue weighted by atomic mass is 9.82. The van der Waals surface area contributed by atoms with E-state index < -0.39 is 15.6 Å². The van der Waals surface area contributed by atoms with Gasteiger partial charge in [0, 0.05) is 0 Å². The van der Waals surface area contributed by atoms with E-state index in [-0.39, 0.29) is 0 Å². The van der Waals surface area contributed by atoms with E-state index in [0.717, 1.165) is 30.4 Å². The number of benzene rings is 2. The minimum atomic E-state index is -3.58. The van der Waals surface area contributed by atoms with Gasteiger partial charge in [0.25, 0.3) is 0 Å². The molecule has 1 N–H and O–H groups in total. The molecular formula is C19H21NO2S. The smallest absolute Gasteiger partial charge is 0.207 e. The van der Waals surface area contributed by atoms with Crippen molar-refractivity contribution in [3.8, 4) is 0 Å². The molecule has 2 aromatic rings. The molecule has 1 atom stereocenters. The van der Waals surface area contributed by atoms with E-state index in [2.05, 4.69) is 10.8 Å². The number of allylic oxidation sites excluding steroid dienone is 1. The molecule has 1 aliphatic rings. The average molecular weight is 327 g/mol. The van der Waals surface area contributed by atoms with Gasteiger partial charge in [-0.15, -0.1) is 0 Å². The van der Waals surface area contributed by atoms with Crippen LogP contribution in [0.25, 0.3) is 0 Å². The van der Waals surface area contributed by atoms with Gasteiger partial charge < -0.3 is 0 Å². The molecule has 120 valence electrons. The lowest BCUT2D eigenvalue weighted by Crippen LogP contribution is -2.45. The summed E-state index contributed by atoms with van der Waals surface area (Å²) in [4.78, 5) is 0.303. The van der Waals surface area contributed by atoms with Gasteiger partial charge in [0.15, 0.2) is 0 Å². The van der Waals surface area contributed by atoms with Crippen LogP contribution < -0.4 is 4.72 Å². The van der Waals surface area contributed by atoms with E-state index in [1.807, 2.05) is 55.5 Å². The van der Waals surface area contributed by atoms with Crippen molar-refractivity contribution in [2.24, 2.45) is 0 Å². The molecule has 2 aromatic carbocycles. The highest BCUT2D eigenvalue weighted by molar-refractivity contribution is 7.89. The van der Waals surface area contributed by atoms with Crippen molar-refractivity contribution >= 4 is 10.0 Å². The van der Waals surface area contributed by atoms with Gasteiger partial charge in [-0.2, -0.15) is 4.72 Å². The summed E-state index contributed by atoms with van der Waals surface area (Å²) in [5, 5.41) is 0. The van der Waals surface area contributed by atoms with E-state index >= 15 is 0 Å². The van der Waals surface area contributed by atoms with Gasteiger partial charge in [-0.25, -0.2) is 8.42 Å². The molecule has 1 aliphatic carbocycles. The Labute approximate surface area is 138 Å². The predicted molar refractivity (Wildman–Crippen MR) is 92.6 cm³/mol. The van der Waals surface area contributed by atoms with Gasteiger partial charge in [-0.1, -0.05) is 60.2 Å².